The summed E-state index contributed by atoms with van der Waals surface area (Å²) in [5.41, 5.74) is 7.94. The van der Waals surface area contributed by atoms with Crippen LogP contribution in [0, 0.1) is 0 Å². The molecular formula is C15H13ClN2S2. The first-order valence-corrected chi connectivity index (χ1v) is 8.23. The topological polar surface area (TPSA) is 38.9 Å². The van der Waals surface area contributed by atoms with Crippen molar-refractivity contribution >= 4 is 44.9 Å². The molecule has 0 fully saturated rings. The number of para-hydroxylation sites is 1. The number of aromatic nitrogens is 1. The minimum atomic E-state index is -0.00555. The van der Waals surface area contributed by atoms with E-state index in [1.807, 2.05) is 43.3 Å². The maximum Gasteiger partial charge on any atom is 0.155 e. The van der Waals surface area contributed by atoms with E-state index in [1.54, 1.807) is 23.1 Å². The Bertz CT molecular complexity index is 719. The standard InChI is InChI=1S/C15H13ClN2S2/c1-9(17)10-6-7-13(11(16)8-10)19-15-18-12-4-2-3-5-14(12)20-15/h2-9H,17H2,1H3/t9-/m0/s1. The van der Waals surface area contributed by atoms with Crippen molar-refractivity contribution in [3.63, 3.8) is 0 Å². The molecule has 2 nitrogen and oxygen atoms in total. The molecule has 1 aromatic heterocycles. The fourth-order valence-electron chi connectivity index (χ4n) is 1.87. The van der Waals surface area contributed by atoms with Crippen molar-refractivity contribution in [3.8, 4) is 0 Å². The molecule has 1 heterocycles. The van der Waals surface area contributed by atoms with E-state index >= 15 is 0 Å². The number of thiazole rings is 1. The smallest absolute Gasteiger partial charge is 0.155 e. The largest absolute Gasteiger partial charge is 0.324 e. The van der Waals surface area contributed by atoms with Crippen LogP contribution in [0.5, 0.6) is 0 Å². The van der Waals surface area contributed by atoms with E-state index in [4.69, 9.17) is 17.3 Å². The van der Waals surface area contributed by atoms with Gasteiger partial charge in [0.05, 0.1) is 15.2 Å². The number of hydrogen-bond donors (Lipinski definition) is 1. The van der Waals surface area contributed by atoms with Crippen LogP contribution in [0.4, 0.5) is 0 Å². The molecule has 102 valence electrons. The lowest BCUT2D eigenvalue weighted by atomic mass is 10.1. The van der Waals surface area contributed by atoms with Gasteiger partial charge in [0.1, 0.15) is 0 Å². The Morgan fingerprint density at radius 3 is 2.75 bits per heavy atom. The Balaban J connectivity index is 1.90. The van der Waals surface area contributed by atoms with Crippen LogP contribution in [0.3, 0.4) is 0 Å². The summed E-state index contributed by atoms with van der Waals surface area (Å²) in [6, 6.07) is 14.1. The van der Waals surface area contributed by atoms with Crippen molar-refractivity contribution in [3.05, 3.63) is 53.1 Å². The fourth-order valence-corrected chi connectivity index (χ4v) is 4.20. The molecule has 0 amide bonds. The third-order valence-corrected chi connectivity index (χ3v) is 5.55. The normalized spacial score (nSPS) is 12.8. The summed E-state index contributed by atoms with van der Waals surface area (Å²) in [5.74, 6) is 0. The Kier molecular flexibility index (Phi) is 3.98. The third-order valence-electron chi connectivity index (χ3n) is 2.95. The molecule has 0 spiro atoms. The Morgan fingerprint density at radius 1 is 1.25 bits per heavy atom. The van der Waals surface area contributed by atoms with E-state index in [-0.39, 0.29) is 6.04 Å². The third kappa shape index (κ3) is 2.83. The van der Waals surface area contributed by atoms with E-state index < -0.39 is 0 Å². The average molecular weight is 321 g/mol. The second kappa shape index (κ2) is 5.74. The van der Waals surface area contributed by atoms with Crippen molar-refractivity contribution in [1.29, 1.82) is 0 Å². The molecule has 0 saturated heterocycles. The highest BCUT2D eigenvalue weighted by Crippen LogP contribution is 2.38. The molecule has 0 saturated carbocycles. The van der Waals surface area contributed by atoms with Gasteiger partial charge in [0.15, 0.2) is 4.34 Å². The molecule has 5 heteroatoms. The maximum absolute atomic E-state index is 6.32. The van der Waals surface area contributed by atoms with Crippen LogP contribution in [0.1, 0.15) is 18.5 Å². The van der Waals surface area contributed by atoms with Gasteiger partial charge in [0.2, 0.25) is 0 Å². The predicted molar refractivity (Wildman–Crippen MR) is 87.8 cm³/mol. The molecule has 20 heavy (non-hydrogen) atoms. The molecular weight excluding hydrogens is 308 g/mol. The van der Waals surface area contributed by atoms with Crippen LogP contribution in [-0.2, 0) is 0 Å². The summed E-state index contributed by atoms with van der Waals surface area (Å²) in [6.45, 7) is 1.95. The van der Waals surface area contributed by atoms with Crippen molar-refractivity contribution in [2.24, 2.45) is 5.73 Å². The molecule has 1 atom stereocenters. The van der Waals surface area contributed by atoms with Gasteiger partial charge in [-0.25, -0.2) is 4.98 Å². The molecule has 2 N–H and O–H groups in total. The van der Waals surface area contributed by atoms with Gasteiger partial charge in [-0.15, -0.1) is 11.3 Å². The molecule has 2 aromatic carbocycles. The molecule has 0 unspecified atom stereocenters. The fraction of sp³-hybridized carbons (Fsp3) is 0.133. The number of hydrogen-bond acceptors (Lipinski definition) is 4. The Morgan fingerprint density at radius 2 is 2.05 bits per heavy atom. The summed E-state index contributed by atoms with van der Waals surface area (Å²) in [6.07, 6.45) is 0. The summed E-state index contributed by atoms with van der Waals surface area (Å²) in [5, 5.41) is 0.726. The van der Waals surface area contributed by atoms with Crippen LogP contribution in [0.2, 0.25) is 5.02 Å². The first kappa shape index (κ1) is 13.9. The van der Waals surface area contributed by atoms with Gasteiger partial charge >= 0.3 is 0 Å². The molecule has 3 aromatic rings. The lowest BCUT2D eigenvalue weighted by Gasteiger charge is -2.08. The van der Waals surface area contributed by atoms with E-state index in [0.717, 1.165) is 25.3 Å². The van der Waals surface area contributed by atoms with Crippen LogP contribution in [0.15, 0.2) is 51.7 Å². The maximum atomic E-state index is 6.32. The lowest BCUT2D eigenvalue weighted by Crippen LogP contribution is -2.04. The number of fused-ring (bicyclic) bond motifs is 1. The average Bonchev–Trinajstić information content (AvgIpc) is 2.83. The Labute approximate surface area is 131 Å². The molecule has 0 aliphatic heterocycles. The predicted octanol–water partition coefficient (Wildman–Crippen LogP) is 5.12. The highest BCUT2D eigenvalue weighted by atomic mass is 35.5. The monoisotopic (exact) mass is 320 g/mol. The second-order valence-electron chi connectivity index (χ2n) is 4.53. The zero-order valence-electron chi connectivity index (χ0n) is 10.8. The van der Waals surface area contributed by atoms with E-state index in [1.165, 1.54) is 4.70 Å². The number of nitrogens with two attached hydrogens (primary N) is 1. The number of rotatable bonds is 3. The summed E-state index contributed by atoms with van der Waals surface area (Å²) < 4.78 is 2.19. The van der Waals surface area contributed by atoms with E-state index in [2.05, 4.69) is 11.1 Å². The second-order valence-corrected chi connectivity index (χ2v) is 7.26. The van der Waals surface area contributed by atoms with Gasteiger partial charge in [-0.05, 0) is 36.8 Å². The summed E-state index contributed by atoms with van der Waals surface area (Å²) in [4.78, 5) is 5.61. The lowest BCUT2D eigenvalue weighted by molar-refractivity contribution is 0.817. The van der Waals surface area contributed by atoms with Gasteiger partial charge in [0.25, 0.3) is 0 Å². The minimum Gasteiger partial charge on any atom is -0.324 e. The zero-order chi connectivity index (χ0) is 14.1. The van der Waals surface area contributed by atoms with Crippen LogP contribution < -0.4 is 5.73 Å². The molecule has 0 radical (unpaired) electrons. The summed E-state index contributed by atoms with van der Waals surface area (Å²) >= 11 is 9.60. The molecule has 0 aliphatic carbocycles. The van der Waals surface area contributed by atoms with Crippen molar-refractivity contribution in [2.45, 2.75) is 22.2 Å². The van der Waals surface area contributed by atoms with Crippen molar-refractivity contribution < 1.29 is 0 Å². The highest BCUT2D eigenvalue weighted by molar-refractivity contribution is 8.01. The molecule has 0 bridgehead atoms. The van der Waals surface area contributed by atoms with Gasteiger partial charge in [-0.3, -0.25) is 0 Å². The highest BCUT2D eigenvalue weighted by Gasteiger charge is 2.09. The number of nitrogens with zero attached hydrogens (tertiary/aromatic N) is 1. The van der Waals surface area contributed by atoms with Crippen molar-refractivity contribution in [1.82, 2.24) is 4.98 Å². The van der Waals surface area contributed by atoms with Gasteiger partial charge in [-0.2, -0.15) is 0 Å². The van der Waals surface area contributed by atoms with Crippen LogP contribution in [-0.4, -0.2) is 4.98 Å². The van der Waals surface area contributed by atoms with E-state index in [0.29, 0.717) is 0 Å². The van der Waals surface area contributed by atoms with E-state index in [9.17, 15) is 0 Å². The van der Waals surface area contributed by atoms with Gasteiger partial charge in [0, 0.05) is 10.9 Å². The molecule has 0 aliphatic rings. The van der Waals surface area contributed by atoms with Crippen LogP contribution in [0.25, 0.3) is 10.2 Å². The van der Waals surface area contributed by atoms with Gasteiger partial charge < -0.3 is 5.73 Å². The number of halogens is 1. The Hall–Kier alpha value is -1.07. The molecule has 3 rings (SSSR count). The first-order valence-electron chi connectivity index (χ1n) is 6.22. The minimum absolute atomic E-state index is 0.00555. The quantitative estimate of drug-likeness (QED) is 0.728. The first-order chi connectivity index (χ1) is 9.63. The van der Waals surface area contributed by atoms with Crippen molar-refractivity contribution in [2.75, 3.05) is 0 Å². The number of benzene rings is 2. The van der Waals surface area contributed by atoms with Crippen LogP contribution >= 0.6 is 34.7 Å². The SMILES string of the molecule is C[C@H](N)c1ccc(Sc2nc3ccccc3s2)c(Cl)c1. The summed E-state index contributed by atoms with van der Waals surface area (Å²) in [7, 11) is 0. The zero-order valence-corrected chi connectivity index (χ0v) is 13.2. The van der Waals surface area contributed by atoms with Gasteiger partial charge in [-0.1, -0.05) is 41.6 Å².